The molecule has 67 valence electrons. The normalized spacial score (nSPS) is 28.1. The van der Waals surface area contributed by atoms with Gasteiger partial charge in [0.15, 0.2) is 9.71 Å². The largest absolute Gasteiger partial charge is 0.289 e. The molecule has 0 spiro atoms. The number of Topliss-reactive ketones (excluding diaryl/α,β-unsaturated/α-hetero) is 2. The molecule has 0 unspecified atom stereocenters. The van der Waals surface area contributed by atoms with Gasteiger partial charge in [-0.1, -0.05) is 46.4 Å². The van der Waals surface area contributed by atoms with Crippen LogP contribution in [-0.4, -0.2) is 20.2 Å². The zero-order valence-corrected chi connectivity index (χ0v) is 8.99. The van der Waals surface area contributed by atoms with E-state index < -0.39 is 25.6 Å². The maximum absolute atomic E-state index is 11.0. The molecule has 0 aromatic rings. The summed E-state index contributed by atoms with van der Waals surface area (Å²) < 4.78 is -4.24. The number of halogens is 5. The van der Waals surface area contributed by atoms with Crippen LogP contribution in [0.5, 0.6) is 0 Å². The fourth-order valence-electron chi connectivity index (χ4n) is 0.665. The fraction of sp³-hybridized carbons (Fsp3) is 0.400. The highest BCUT2D eigenvalue weighted by Crippen LogP contribution is 2.56. The second-order valence-electron chi connectivity index (χ2n) is 2.12. The molecule has 0 N–H and O–H groups in total. The van der Waals surface area contributed by atoms with Crippen LogP contribution in [0.1, 0.15) is 0 Å². The summed E-state index contributed by atoms with van der Waals surface area (Å²) in [6, 6.07) is 0. The van der Waals surface area contributed by atoms with E-state index in [1.54, 1.807) is 0 Å². The number of carbonyl (C=O) groups is 2. The molecule has 2 nitrogen and oxygen atoms in total. The van der Waals surface area contributed by atoms with Crippen LogP contribution in [0.4, 0.5) is 0 Å². The van der Waals surface area contributed by atoms with Crippen LogP contribution in [0.3, 0.4) is 0 Å². The lowest BCUT2D eigenvalue weighted by atomic mass is 10.3. The molecule has 0 bridgehead atoms. The summed E-state index contributed by atoms with van der Waals surface area (Å²) >= 11 is 27.2. The lowest BCUT2D eigenvalue weighted by molar-refractivity contribution is -0.133. The third-order valence-electron chi connectivity index (χ3n) is 1.36. The summed E-state index contributed by atoms with van der Waals surface area (Å²) in [5.41, 5.74) is 0. The first-order valence-corrected chi connectivity index (χ1v) is 4.49. The monoisotopic (exact) mass is 267 g/mol. The molecule has 12 heavy (non-hydrogen) atoms. The van der Waals surface area contributed by atoms with Gasteiger partial charge in [-0.15, -0.1) is 11.6 Å². The molecule has 1 fully saturated rings. The first-order valence-electron chi connectivity index (χ1n) is 2.60. The van der Waals surface area contributed by atoms with Gasteiger partial charge in [0.1, 0.15) is 0 Å². The molecule has 1 aliphatic rings. The van der Waals surface area contributed by atoms with E-state index in [9.17, 15) is 9.59 Å². The Morgan fingerprint density at radius 2 is 1.33 bits per heavy atom. The quantitative estimate of drug-likeness (QED) is 0.499. The van der Waals surface area contributed by atoms with Gasteiger partial charge in [0.25, 0.3) is 0 Å². The minimum Gasteiger partial charge on any atom is -0.289 e. The first-order chi connectivity index (χ1) is 5.23. The summed E-state index contributed by atoms with van der Waals surface area (Å²) in [5, 5.41) is -0.569. The van der Waals surface area contributed by atoms with Crippen molar-refractivity contribution in [1.29, 1.82) is 0 Å². The van der Waals surface area contributed by atoms with Crippen molar-refractivity contribution in [2.24, 2.45) is 0 Å². The number of ketones is 2. The predicted molar refractivity (Wildman–Crippen MR) is 48.0 cm³/mol. The summed E-state index contributed by atoms with van der Waals surface area (Å²) in [6.45, 7) is 0. The smallest absolute Gasteiger partial charge is 0.239 e. The number of hydrogen-bond acceptors (Lipinski definition) is 2. The zero-order chi connectivity index (χ0) is 9.73. The van der Waals surface area contributed by atoms with Crippen LogP contribution in [-0.2, 0) is 9.59 Å². The van der Waals surface area contributed by atoms with Crippen molar-refractivity contribution in [3.8, 4) is 0 Å². The lowest BCUT2D eigenvalue weighted by Gasteiger charge is -2.22. The molecule has 0 aromatic heterocycles. The molecular formula is C5Cl5O2. The van der Waals surface area contributed by atoms with E-state index in [1.165, 1.54) is 0 Å². The third-order valence-corrected chi connectivity index (χ3v) is 4.25. The minimum atomic E-state index is -2.19. The third kappa shape index (κ3) is 1.17. The highest BCUT2D eigenvalue weighted by Gasteiger charge is 2.68. The Hall–Kier alpha value is 0.790. The first kappa shape index (κ1) is 10.9. The molecule has 0 saturated heterocycles. The van der Waals surface area contributed by atoms with Gasteiger partial charge >= 0.3 is 0 Å². The number of carbonyl (C=O) groups excluding carboxylic acids is 2. The highest BCUT2D eigenvalue weighted by atomic mass is 35.5. The average molecular weight is 269 g/mol. The summed E-state index contributed by atoms with van der Waals surface area (Å²) in [7, 11) is 0. The highest BCUT2D eigenvalue weighted by molar-refractivity contribution is 6.84. The number of hydrogen-bond donors (Lipinski definition) is 0. The van der Waals surface area contributed by atoms with Gasteiger partial charge in [-0.05, 0) is 0 Å². The van der Waals surface area contributed by atoms with Crippen molar-refractivity contribution in [2.45, 2.75) is 8.67 Å². The van der Waals surface area contributed by atoms with Crippen LogP contribution in [0.15, 0.2) is 0 Å². The van der Waals surface area contributed by atoms with Gasteiger partial charge in [-0.25, -0.2) is 0 Å². The standard InChI is InChI=1S/C5Cl5O2/c6-2-1(11)3(12)5(9,10)4(2,7)8. The molecule has 0 aliphatic heterocycles. The van der Waals surface area contributed by atoms with Crippen LogP contribution in [0, 0.1) is 5.38 Å². The van der Waals surface area contributed by atoms with E-state index in [1.807, 2.05) is 0 Å². The van der Waals surface area contributed by atoms with Gasteiger partial charge in [-0.2, -0.15) is 0 Å². The van der Waals surface area contributed by atoms with Crippen LogP contribution in [0.2, 0.25) is 0 Å². The molecule has 1 aliphatic carbocycles. The van der Waals surface area contributed by atoms with Crippen molar-refractivity contribution >= 4 is 69.6 Å². The summed E-state index contributed by atoms with van der Waals surface area (Å²) in [4.78, 5) is 21.8. The van der Waals surface area contributed by atoms with Crippen LogP contribution < -0.4 is 0 Å². The number of rotatable bonds is 0. The topological polar surface area (TPSA) is 34.1 Å². The van der Waals surface area contributed by atoms with Gasteiger partial charge < -0.3 is 0 Å². The second-order valence-corrected chi connectivity index (χ2v) is 5.15. The molecule has 1 rings (SSSR count). The molecule has 0 heterocycles. The van der Waals surface area contributed by atoms with E-state index in [0.29, 0.717) is 0 Å². The Bertz CT molecular complexity index is 259. The Morgan fingerprint density at radius 3 is 1.42 bits per heavy atom. The maximum Gasteiger partial charge on any atom is 0.239 e. The van der Waals surface area contributed by atoms with Crippen molar-refractivity contribution in [3.63, 3.8) is 0 Å². The average Bonchev–Trinajstić information content (AvgIpc) is 2.05. The molecule has 1 saturated carbocycles. The van der Waals surface area contributed by atoms with Crippen LogP contribution >= 0.6 is 58.0 Å². The Balaban J connectivity index is 3.24. The van der Waals surface area contributed by atoms with Crippen molar-refractivity contribution < 1.29 is 9.59 Å². The molecule has 0 aromatic carbocycles. The molecule has 0 atom stereocenters. The van der Waals surface area contributed by atoms with Crippen molar-refractivity contribution in [3.05, 3.63) is 5.38 Å². The number of alkyl halides is 4. The summed E-state index contributed by atoms with van der Waals surface area (Å²) in [6.07, 6.45) is 0. The molecule has 7 heteroatoms. The SMILES string of the molecule is O=C1[C](Cl)C(Cl)(Cl)C(Cl)(Cl)C1=O. The Morgan fingerprint density at radius 1 is 0.917 bits per heavy atom. The molecular weight excluding hydrogens is 269 g/mol. The van der Waals surface area contributed by atoms with E-state index in [-0.39, 0.29) is 0 Å². The van der Waals surface area contributed by atoms with Gasteiger partial charge in [-0.3, -0.25) is 9.59 Å². The molecule has 1 radical (unpaired) electrons. The lowest BCUT2D eigenvalue weighted by Crippen LogP contribution is -2.37. The van der Waals surface area contributed by atoms with E-state index in [4.69, 9.17) is 58.0 Å². The van der Waals surface area contributed by atoms with Gasteiger partial charge in [0.05, 0.1) is 0 Å². The maximum atomic E-state index is 11.0. The van der Waals surface area contributed by atoms with Gasteiger partial charge in [0, 0.05) is 0 Å². The Labute approximate surface area is 93.0 Å². The minimum absolute atomic E-state index is 0.569. The van der Waals surface area contributed by atoms with E-state index >= 15 is 0 Å². The molecule has 0 amide bonds. The van der Waals surface area contributed by atoms with E-state index in [2.05, 4.69) is 0 Å². The fourth-order valence-corrected chi connectivity index (χ4v) is 1.69. The van der Waals surface area contributed by atoms with Gasteiger partial charge in [0.2, 0.25) is 15.9 Å². The Kier molecular flexibility index (Phi) is 2.62. The zero-order valence-electron chi connectivity index (χ0n) is 5.21. The van der Waals surface area contributed by atoms with Crippen molar-refractivity contribution in [1.82, 2.24) is 0 Å². The van der Waals surface area contributed by atoms with Crippen molar-refractivity contribution in [2.75, 3.05) is 0 Å². The second kappa shape index (κ2) is 2.89. The predicted octanol–water partition coefficient (Wildman–Crippen LogP) is 2.26. The summed E-state index contributed by atoms with van der Waals surface area (Å²) in [5.74, 6) is -2.16. The van der Waals surface area contributed by atoms with E-state index in [0.717, 1.165) is 0 Å². The van der Waals surface area contributed by atoms with Crippen LogP contribution in [0.25, 0.3) is 0 Å².